The fourth-order valence-electron chi connectivity index (χ4n) is 2.97. The molecule has 0 unspecified atom stereocenters. The molecule has 1 nitrogen and oxygen atoms in total. The second kappa shape index (κ2) is 3.92. The van der Waals surface area contributed by atoms with Crippen LogP contribution in [0.1, 0.15) is 22.3 Å². The predicted octanol–water partition coefficient (Wildman–Crippen LogP) is 3.09. The van der Waals surface area contributed by atoms with Gasteiger partial charge in [0.1, 0.15) is 5.82 Å². The molecule has 2 N–H and O–H groups in total. The van der Waals surface area contributed by atoms with Crippen molar-refractivity contribution in [3.05, 3.63) is 70.5 Å². The van der Waals surface area contributed by atoms with E-state index in [0.29, 0.717) is 0 Å². The van der Waals surface area contributed by atoms with Crippen molar-refractivity contribution in [3.63, 3.8) is 0 Å². The third-order valence-electron chi connectivity index (χ3n) is 3.87. The molecular formula is C16H16FN. The average Bonchev–Trinajstić information content (AvgIpc) is 2.69. The molecule has 0 saturated heterocycles. The fourth-order valence-corrected chi connectivity index (χ4v) is 2.97. The molecule has 2 heteroatoms. The summed E-state index contributed by atoms with van der Waals surface area (Å²) in [5, 5.41) is 0. The van der Waals surface area contributed by atoms with Crippen molar-refractivity contribution in [2.24, 2.45) is 5.73 Å². The summed E-state index contributed by atoms with van der Waals surface area (Å²) in [6.45, 7) is 1.99. The van der Waals surface area contributed by atoms with Gasteiger partial charge in [0.15, 0.2) is 0 Å². The zero-order chi connectivity index (χ0) is 12.8. The summed E-state index contributed by atoms with van der Waals surface area (Å²) < 4.78 is 13.4. The lowest BCUT2D eigenvalue weighted by Crippen LogP contribution is -2.38. The van der Waals surface area contributed by atoms with Crippen LogP contribution in [-0.2, 0) is 18.4 Å². The van der Waals surface area contributed by atoms with Crippen LogP contribution in [0.3, 0.4) is 0 Å². The Kier molecular flexibility index (Phi) is 2.49. The number of halogens is 1. The Balaban J connectivity index is 2.06. The number of hydrogen-bond donors (Lipinski definition) is 1. The van der Waals surface area contributed by atoms with Gasteiger partial charge in [-0.2, -0.15) is 0 Å². The normalized spacial score (nSPS) is 16.6. The van der Waals surface area contributed by atoms with E-state index in [0.717, 1.165) is 24.0 Å². The molecule has 0 bridgehead atoms. The summed E-state index contributed by atoms with van der Waals surface area (Å²) in [4.78, 5) is 0. The van der Waals surface area contributed by atoms with E-state index < -0.39 is 5.54 Å². The Bertz CT molecular complexity index is 579. The molecule has 0 fully saturated rings. The average molecular weight is 241 g/mol. The van der Waals surface area contributed by atoms with Gasteiger partial charge in [0.25, 0.3) is 0 Å². The molecule has 0 heterocycles. The zero-order valence-electron chi connectivity index (χ0n) is 10.4. The van der Waals surface area contributed by atoms with Crippen LogP contribution in [0.5, 0.6) is 0 Å². The molecule has 2 aromatic rings. The third kappa shape index (κ3) is 1.73. The van der Waals surface area contributed by atoms with E-state index in [1.54, 1.807) is 6.07 Å². The Morgan fingerprint density at radius 2 is 1.67 bits per heavy atom. The van der Waals surface area contributed by atoms with Crippen LogP contribution < -0.4 is 5.73 Å². The van der Waals surface area contributed by atoms with Gasteiger partial charge in [-0.3, -0.25) is 0 Å². The molecule has 0 aliphatic heterocycles. The summed E-state index contributed by atoms with van der Waals surface area (Å²) in [6, 6.07) is 13.2. The van der Waals surface area contributed by atoms with Crippen LogP contribution in [-0.4, -0.2) is 0 Å². The van der Waals surface area contributed by atoms with E-state index in [1.807, 2.05) is 25.1 Å². The van der Waals surface area contributed by atoms with Gasteiger partial charge in [0.05, 0.1) is 0 Å². The molecule has 18 heavy (non-hydrogen) atoms. The maximum Gasteiger partial charge on any atom is 0.123 e. The van der Waals surface area contributed by atoms with Crippen molar-refractivity contribution < 1.29 is 4.39 Å². The quantitative estimate of drug-likeness (QED) is 0.815. The van der Waals surface area contributed by atoms with Crippen molar-refractivity contribution in [2.75, 3.05) is 0 Å². The number of nitrogens with two attached hydrogens (primary N) is 1. The number of benzene rings is 2. The van der Waals surface area contributed by atoms with Gasteiger partial charge >= 0.3 is 0 Å². The van der Waals surface area contributed by atoms with Crippen LogP contribution in [0.4, 0.5) is 4.39 Å². The topological polar surface area (TPSA) is 26.0 Å². The van der Waals surface area contributed by atoms with Crippen molar-refractivity contribution >= 4 is 0 Å². The Morgan fingerprint density at radius 3 is 2.28 bits per heavy atom. The second-order valence-corrected chi connectivity index (χ2v) is 5.24. The number of fused-ring (bicyclic) bond motifs is 1. The van der Waals surface area contributed by atoms with E-state index >= 15 is 0 Å². The van der Waals surface area contributed by atoms with E-state index in [9.17, 15) is 4.39 Å². The molecule has 3 rings (SSSR count). The van der Waals surface area contributed by atoms with Gasteiger partial charge in [-0.25, -0.2) is 4.39 Å². The largest absolute Gasteiger partial charge is 0.321 e. The minimum atomic E-state index is -0.462. The summed E-state index contributed by atoms with van der Waals surface area (Å²) in [6.07, 6.45) is 1.57. The number of hydrogen-bond acceptors (Lipinski definition) is 1. The molecule has 0 saturated carbocycles. The first-order valence-corrected chi connectivity index (χ1v) is 6.21. The predicted molar refractivity (Wildman–Crippen MR) is 70.9 cm³/mol. The van der Waals surface area contributed by atoms with Crippen molar-refractivity contribution in [3.8, 4) is 0 Å². The Labute approximate surface area is 106 Å². The van der Waals surface area contributed by atoms with Gasteiger partial charge in [-0.1, -0.05) is 30.3 Å². The monoisotopic (exact) mass is 241 g/mol. The number of rotatable bonds is 1. The van der Waals surface area contributed by atoms with Gasteiger partial charge in [-0.15, -0.1) is 0 Å². The summed E-state index contributed by atoms with van der Waals surface area (Å²) in [7, 11) is 0. The van der Waals surface area contributed by atoms with Crippen LogP contribution in [0.25, 0.3) is 0 Å². The smallest absolute Gasteiger partial charge is 0.123 e. The first-order chi connectivity index (χ1) is 8.58. The molecule has 0 spiro atoms. The number of aryl methyl sites for hydroxylation is 1. The molecule has 1 aliphatic rings. The standard InChI is InChI=1S/C16H16FN/c1-11-6-7-14(17)8-15(11)16(18)9-12-4-2-3-5-13(12)10-16/h2-8H,9-10,18H2,1H3. The maximum absolute atomic E-state index is 13.4. The molecule has 0 amide bonds. The van der Waals surface area contributed by atoms with E-state index in [-0.39, 0.29) is 5.82 Å². The maximum atomic E-state index is 13.4. The lowest BCUT2D eigenvalue weighted by molar-refractivity contribution is 0.466. The van der Waals surface area contributed by atoms with E-state index in [2.05, 4.69) is 12.1 Å². The zero-order valence-corrected chi connectivity index (χ0v) is 10.4. The Morgan fingerprint density at radius 1 is 1.06 bits per heavy atom. The van der Waals surface area contributed by atoms with Gasteiger partial charge in [0.2, 0.25) is 0 Å². The summed E-state index contributed by atoms with van der Waals surface area (Å²) >= 11 is 0. The molecule has 2 aromatic carbocycles. The lowest BCUT2D eigenvalue weighted by Gasteiger charge is -2.26. The molecule has 0 aromatic heterocycles. The first-order valence-electron chi connectivity index (χ1n) is 6.21. The molecular weight excluding hydrogens is 225 g/mol. The Hall–Kier alpha value is -1.67. The summed E-state index contributed by atoms with van der Waals surface area (Å²) in [5.41, 5.74) is 10.6. The molecule has 0 atom stereocenters. The highest BCUT2D eigenvalue weighted by atomic mass is 19.1. The molecule has 92 valence electrons. The van der Waals surface area contributed by atoms with Gasteiger partial charge in [-0.05, 0) is 54.2 Å². The van der Waals surface area contributed by atoms with Gasteiger partial charge in [0, 0.05) is 5.54 Å². The van der Waals surface area contributed by atoms with Crippen molar-refractivity contribution in [1.82, 2.24) is 0 Å². The minimum absolute atomic E-state index is 0.212. The van der Waals surface area contributed by atoms with E-state index in [4.69, 9.17) is 5.73 Å². The van der Waals surface area contributed by atoms with Crippen molar-refractivity contribution in [2.45, 2.75) is 25.3 Å². The van der Waals surface area contributed by atoms with Gasteiger partial charge < -0.3 is 5.73 Å². The van der Waals surface area contributed by atoms with Crippen LogP contribution in [0.2, 0.25) is 0 Å². The highest BCUT2D eigenvalue weighted by molar-refractivity contribution is 5.43. The van der Waals surface area contributed by atoms with E-state index in [1.165, 1.54) is 17.2 Å². The second-order valence-electron chi connectivity index (χ2n) is 5.24. The highest BCUT2D eigenvalue weighted by Gasteiger charge is 2.36. The SMILES string of the molecule is Cc1ccc(F)cc1C1(N)Cc2ccccc2C1. The minimum Gasteiger partial charge on any atom is -0.321 e. The summed E-state index contributed by atoms with van der Waals surface area (Å²) in [5.74, 6) is -0.212. The molecule has 0 radical (unpaired) electrons. The van der Waals surface area contributed by atoms with Crippen molar-refractivity contribution in [1.29, 1.82) is 0 Å². The third-order valence-corrected chi connectivity index (χ3v) is 3.87. The first kappa shape index (κ1) is 11.4. The lowest BCUT2D eigenvalue weighted by atomic mass is 9.85. The fraction of sp³-hybridized carbons (Fsp3) is 0.250. The van der Waals surface area contributed by atoms with Crippen LogP contribution >= 0.6 is 0 Å². The molecule has 1 aliphatic carbocycles. The van der Waals surface area contributed by atoms with Crippen LogP contribution in [0, 0.1) is 12.7 Å². The van der Waals surface area contributed by atoms with Crippen LogP contribution in [0.15, 0.2) is 42.5 Å². The highest BCUT2D eigenvalue weighted by Crippen LogP contribution is 2.37.